The fourth-order valence-electron chi connectivity index (χ4n) is 2.64. The summed E-state index contributed by atoms with van der Waals surface area (Å²) in [5.41, 5.74) is 6.40. The highest BCUT2D eigenvalue weighted by molar-refractivity contribution is 7.10. The van der Waals surface area contributed by atoms with Gasteiger partial charge in [0.2, 0.25) is 0 Å². The molecular formula is C15H16N2O3S. The van der Waals surface area contributed by atoms with Gasteiger partial charge >= 0.3 is 0 Å². The molecule has 2 N–H and O–H groups in total. The molecule has 0 bridgehead atoms. The first kappa shape index (κ1) is 13.9. The maximum atomic E-state index is 12.7. The number of rotatable bonds is 2. The quantitative estimate of drug-likeness (QED) is 0.925. The molecule has 0 fully saturated rings. The number of fused-ring (bicyclic) bond motifs is 1. The fourth-order valence-corrected chi connectivity index (χ4v) is 3.53. The number of hydrogen-bond donors (Lipinski definition) is 1. The lowest BCUT2D eigenvalue weighted by Crippen LogP contribution is -2.51. The van der Waals surface area contributed by atoms with E-state index < -0.39 is 5.91 Å². The van der Waals surface area contributed by atoms with Crippen molar-refractivity contribution >= 4 is 23.2 Å². The summed E-state index contributed by atoms with van der Waals surface area (Å²) in [7, 11) is 0. The van der Waals surface area contributed by atoms with Gasteiger partial charge in [0.1, 0.15) is 6.26 Å². The molecule has 2 aromatic heterocycles. The number of nitrogens with two attached hydrogens (primary N) is 1. The standard InChI is InChI=1S/C15H16N2O3S/c1-15(2)6-9-3-4-21-12(9)7-17(15)14(19)11-5-10(8-20-11)13(16)18/h3-5,8H,6-7H2,1-2H3,(H2,16,18). The van der Waals surface area contributed by atoms with E-state index in [1.165, 1.54) is 22.8 Å². The topological polar surface area (TPSA) is 76.5 Å². The van der Waals surface area contributed by atoms with Gasteiger partial charge in [-0.05, 0) is 37.3 Å². The van der Waals surface area contributed by atoms with Crippen LogP contribution in [0.4, 0.5) is 0 Å². The summed E-state index contributed by atoms with van der Waals surface area (Å²) >= 11 is 1.65. The van der Waals surface area contributed by atoms with Crippen molar-refractivity contribution in [2.45, 2.75) is 32.4 Å². The zero-order chi connectivity index (χ0) is 15.2. The van der Waals surface area contributed by atoms with Crippen LogP contribution in [0.15, 0.2) is 28.2 Å². The Morgan fingerprint density at radius 1 is 1.43 bits per heavy atom. The lowest BCUT2D eigenvalue weighted by atomic mass is 9.89. The molecule has 1 aliphatic heterocycles. The minimum Gasteiger partial charge on any atom is -0.458 e. The average Bonchev–Trinajstić information content (AvgIpc) is 3.03. The number of carbonyl (C=O) groups excluding carboxylic acids is 2. The molecule has 0 aliphatic carbocycles. The maximum Gasteiger partial charge on any atom is 0.290 e. The zero-order valence-corrected chi connectivity index (χ0v) is 12.7. The average molecular weight is 304 g/mol. The minimum atomic E-state index is -0.601. The number of carbonyl (C=O) groups is 2. The van der Waals surface area contributed by atoms with Crippen molar-refractivity contribution in [3.8, 4) is 0 Å². The van der Waals surface area contributed by atoms with Crippen molar-refractivity contribution < 1.29 is 14.0 Å². The summed E-state index contributed by atoms with van der Waals surface area (Å²) < 4.78 is 5.22. The van der Waals surface area contributed by atoms with Crippen LogP contribution in [0.25, 0.3) is 0 Å². The second kappa shape index (κ2) is 4.73. The van der Waals surface area contributed by atoms with Crippen molar-refractivity contribution in [2.24, 2.45) is 5.73 Å². The summed E-state index contributed by atoms with van der Waals surface area (Å²) in [5.74, 6) is -0.667. The molecular weight excluding hydrogens is 288 g/mol. The molecule has 3 heterocycles. The van der Waals surface area contributed by atoms with Gasteiger partial charge in [-0.3, -0.25) is 9.59 Å². The Kier molecular flexibility index (Phi) is 3.13. The van der Waals surface area contributed by atoms with Crippen LogP contribution in [0.2, 0.25) is 0 Å². The van der Waals surface area contributed by atoms with E-state index >= 15 is 0 Å². The summed E-state index contributed by atoms with van der Waals surface area (Å²) in [6, 6.07) is 3.52. The van der Waals surface area contributed by atoms with E-state index in [0.29, 0.717) is 6.54 Å². The summed E-state index contributed by atoms with van der Waals surface area (Å²) in [6.07, 6.45) is 2.03. The molecule has 5 nitrogen and oxygen atoms in total. The van der Waals surface area contributed by atoms with Gasteiger partial charge in [-0.1, -0.05) is 0 Å². The van der Waals surface area contributed by atoms with Gasteiger partial charge in [-0.25, -0.2) is 0 Å². The second-order valence-corrected chi connectivity index (χ2v) is 6.81. The third-order valence-corrected chi connectivity index (χ3v) is 4.78. The Labute approximate surface area is 126 Å². The van der Waals surface area contributed by atoms with Gasteiger partial charge in [0.05, 0.1) is 12.1 Å². The molecule has 0 saturated carbocycles. The van der Waals surface area contributed by atoms with E-state index in [-0.39, 0.29) is 22.8 Å². The van der Waals surface area contributed by atoms with Crippen molar-refractivity contribution in [1.29, 1.82) is 0 Å². The highest BCUT2D eigenvalue weighted by Gasteiger charge is 2.38. The first-order valence-electron chi connectivity index (χ1n) is 6.64. The van der Waals surface area contributed by atoms with Gasteiger partial charge in [0.25, 0.3) is 11.8 Å². The highest BCUT2D eigenvalue weighted by Crippen LogP contribution is 2.34. The van der Waals surface area contributed by atoms with E-state index in [1.807, 2.05) is 19.2 Å². The monoisotopic (exact) mass is 304 g/mol. The number of furan rings is 1. The lowest BCUT2D eigenvalue weighted by Gasteiger charge is -2.41. The first-order chi connectivity index (χ1) is 9.88. The Bertz CT molecular complexity index is 714. The molecule has 2 amide bonds. The molecule has 0 spiro atoms. The Morgan fingerprint density at radius 3 is 2.86 bits per heavy atom. The van der Waals surface area contributed by atoms with Gasteiger partial charge in [-0.2, -0.15) is 0 Å². The van der Waals surface area contributed by atoms with Gasteiger partial charge in [-0.15, -0.1) is 11.3 Å². The SMILES string of the molecule is CC1(C)Cc2ccsc2CN1C(=O)c1cc(C(N)=O)co1. The number of primary amides is 1. The molecule has 0 unspecified atom stereocenters. The molecule has 2 aromatic rings. The van der Waals surface area contributed by atoms with Crippen LogP contribution < -0.4 is 5.73 Å². The largest absolute Gasteiger partial charge is 0.458 e. The summed E-state index contributed by atoms with van der Waals surface area (Å²) in [4.78, 5) is 26.8. The van der Waals surface area contributed by atoms with Crippen LogP contribution >= 0.6 is 11.3 Å². The molecule has 3 rings (SSSR count). The lowest BCUT2D eigenvalue weighted by molar-refractivity contribution is 0.0462. The van der Waals surface area contributed by atoms with E-state index in [0.717, 1.165) is 6.42 Å². The van der Waals surface area contributed by atoms with E-state index in [9.17, 15) is 9.59 Å². The first-order valence-corrected chi connectivity index (χ1v) is 7.52. The highest BCUT2D eigenvalue weighted by atomic mass is 32.1. The molecule has 6 heteroatoms. The predicted molar refractivity (Wildman–Crippen MR) is 79.2 cm³/mol. The zero-order valence-electron chi connectivity index (χ0n) is 11.9. The second-order valence-electron chi connectivity index (χ2n) is 5.81. The number of nitrogens with zero attached hydrogens (tertiary/aromatic N) is 1. The van der Waals surface area contributed by atoms with Crippen LogP contribution in [0.1, 0.15) is 45.2 Å². The molecule has 0 radical (unpaired) electrons. The summed E-state index contributed by atoms with van der Waals surface area (Å²) in [5, 5.41) is 2.05. The molecule has 1 aliphatic rings. The number of thiophene rings is 1. The van der Waals surface area contributed by atoms with Crippen molar-refractivity contribution in [1.82, 2.24) is 4.90 Å². The predicted octanol–water partition coefficient (Wildman–Crippen LogP) is 2.42. The molecule has 0 atom stereocenters. The Morgan fingerprint density at radius 2 is 2.19 bits per heavy atom. The fraction of sp³-hybridized carbons (Fsp3) is 0.333. The number of hydrogen-bond acceptors (Lipinski definition) is 4. The molecule has 110 valence electrons. The van der Waals surface area contributed by atoms with E-state index in [4.69, 9.17) is 10.2 Å². The maximum absolute atomic E-state index is 12.7. The molecule has 21 heavy (non-hydrogen) atoms. The molecule has 0 saturated heterocycles. The van der Waals surface area contributed by atoms with Gasteiger partial charge in [0.15, 0.2) is 5.76 Å². The summed E-state index contributed by atoms with van der Waals surface area (Å²) in [6.45, 7) is 4.62. The molecule has 0 aromatic carbocycles. The van der Waals surface area contributed by atoms with Crippen molar-refractivity contribution in [3.05, 3.63) is 45.5 Å². The third-order valence-electron chi connectivity index (χ3n) is 3.83. The van der Waals surface area contributed by atoms with Crippen LogP contribution in [0.3, 0.4) is 0 Å². The number of amides is 2. The van der Waals surface area contributed by atoms with E-state index in [1.54, 1.807) is 16.2 Å². The third kappa shape index (κ3) is 2.35. The smallest absolute Gasteiger partial charge is 0.290 e. The van der Waals surface area contributed by atoms with Gasteiger partial charge < -0.3 is 15.1 Å². The Hall–Kier alpha value is -2.08. The minimum absolute atomic E-state index is 0.150. The van der Waals surface area contributed by atoms with Gasteiger partial charge in [0, 0.05) is 16.5 Å². The van der Waals surface area contributed by atoms with Crippen molar-refractivity contribution in [3.63, 3.8) is 0 Å². The normalized spacial score (nSPS) is 16.6. The van der Waals surface area contributed by atoms with Crippen LogP contribution in [-0.2, 0) is 13.0 Å². The van der Waals surface area contributed by atoms with Crippen LogP contribution in [0, 0.1) is 0 Å². The Balaban J connectivity index is 1.91. The van der Waals surface area contributed by atoms with E-state index in [2.05, 4.69) is 6.07 Å². The van der Waals surface area contributed by atoms with Crippen LogP contribution in [0.5, 0.6) is 0 Å². The van der Waals surface area contributed by atoms with Crippen LogP contribution in [-0.4, -0.2) is 22.3 Å². The van der Waals surface area contributed by atoms with Crippen molar-refractivity contribution in [2.75, 3.05) is 0 Å².